The molecule has 0 radical (unpaired) electrons. The maximum absolute atomic E-state index is 10.3. The Morgan fingerprint density at radius 3 is 2.25 bits per heavy atom. The van der Waals surface area contributed by atoms with E-state index in [0.29, 0.717) is 36.7 Å². The van der Waals surface area contributed by atoms with Gasteiger partial charge < -0.3 is 24.8 Å². The van der Waals surface area contributed by atoms with Crippen LogP contribution < -0.4 is 9.47 Å². The summed E-state index contributed by atoms with van der Waals surface area (Å²) in [5.74, 6) is 1.21. The molecule has 1 atom stereocenters. The Balaban J connectivity index is 2.85. The van der Waals surface area contributed by atoms with Gasteiger partial charge in [-0.05, 0) is 18.2 Å². The van der Waals surface area contributed by atoms with Crippen molar-refractivity contribution in [1.82, 2.24) is 4.90 Å². The zero-order valence-corrected chi connectivity index (χ0v) is 12.0. The van der Waals surface area contributed by atoms with Crippen molar-refractivity contribution in [2.45, 2.75) is 6.10 Å². The molecule has 0 heterocycles. The Morgan fingerprint density at radius 2 is 1.75 bits per heavy atom. The lowest BCUT2D eigenvalue weighted by atomic mass is 10.1. The molecule has 114 valence electrons. The molecule has 0 amide bonds. The molecule has 6 heteroatoms. The predicted molar refractivity (Wildman–Crippen MR) is 75.1 cm³/mol. The topological polar surface area (TPSA) is 82.4 Å². The molecule has 0 aliphatic carbocycles. The summed E-state index contributed by atoms with van der Waals surface area (Å²) < 4.78 is 10.4. The SMILES string of the molecule is COc1ccc(OC)c(C(O)CN(CCO)CCO)c1. The van der Waals surface area contributed by atoms with E-state index in [1.54, 1.807) is 30.2 Å². The van der Waals surface area contributed by atoms with Crippen LogP contribution >= 0.6 is 0 Å². The number of benzene rings is 1. The number of ether oxygens (including phenoxy) is 2. The summed E-state index contributed by atoms with van der Waals surface area (Å²) in [5, 5.41) is 28.3. The normalized spacial score (nSPS) is 12.5. The van der Waals surface area contributed by atoms with E-state index in [1.807, 2.05) is 0 Å². The third kappa shape index (κ3) is 4.64. The lowest BCUT2D eigenvalue weighted by Crippen LogP contribution is -2.33. The van der Waals surface area contributed by atoms with Crippen molar-refractivity contribution in [2.75, 3.05) is 47.1 Å². The highest BCUT2D eigenvalue weighted by Gasteiger charge is 2.17. The van der Waals surface area contributed by atoms with Crippen LogP contribution in [0.2, 0.25) is 0 Å². The van der Waals surface area contributed by atoms with Crippen LogP contribution in [0, 0.1) is 0 Å². The molecule has 0 aromatic heterocycles. The summed E-state index contributed by atoms with van der Waals surface area (Å²) in [6.07, 6.45) is -0.793. The fourth-order valence-corrected chi connectivity index (χ4v) is 2.02. The van der Waals surface area contributed by atoms with Crippen molar-refractivity contribution < 1.29 is 24.8 Å². The molecule has 0 saturated heterocycles. The van der Waals surface area contributed by atoms with E-state index in [-0.39, 0.29) is 13.2 Å². The van der Waals surface area contributed by atoms with Crippen molar-refractivity contribution >= 4 is 0 Å². The smallest absolute Gasteiger partial charge is 0.124 e. The monoisotopic (exact) mass is 285 g/mol. The molecule has 6 nitrogen and oxygen atoms in total. The van der Waals surface area contributed by atoms with Gasteiger partial charge in [0.1, 0.15) is 11.5 Å². The Morgan fingerprint density at radius 1 is 1.10 bits per heavy atom. The molecule has 0 aliphatic rings. The van der Waals surface area contributed by atoms with Gasteiger partial charge in [0.25, 0.3) is 0 Å². The van der Waals surface area contributed by atoms with Crippen LogP contribution in [0.15, 0.2) is 18.2 Å². The average molecular weight is 285 g/mol. The first-order valence-electron chi connectivity index (χ1n) is 6.50. The van der Waals surface area contributed by atoms with Gasteiger partial charge in [-0.3, -0.25) is 4.90 Å². The Bertz CT molecular complexity index is 393. The van der Waals surface area contributed by atoms with E-state index in [1.165, 1.54) is 7.11 Å². The van der Waals surface area contributed by atoms with E-state index in [0.717, 1.165) is 0 Å². The molecule has 3 N–H and O–H groups in total. The highest BCUT2D eigenvalue weighted by molar-refractivity contribution is 5.41. The minimum Gasteiger partial charge on any atom is -0.497 e. The van der Waals surface area contributed by atoms with E-state index in [4.69, 9.17) is 19.7 Å². The van der Waals surface area contributed by atoms with E-state index >= 15 is 0 Å². The van der Waals surface area contributed by atoms with Crippen LogP contribution in [0.3, 0.4) is 0 Å². The van der Waals surface area contributed by atoms with E-state index in [2.05, 4.69) is 0 Å². The molecule has 1 aromatic rings. The van der Waals surface area contributed by atoms with E-state index < -0.39 is 6.10 Å². The first kappa shape index (κ1) is 16.7. The highest BCUT2D eigenvalue weighted by atomic mass is 16.5. The van der Waals surface area contributed by atoms with Crippen LogP contribution in [0.1, 0.15) is 11.7 Å². The quantitative estimate of drug-likeness (QED) is 0.593. The number of nitrogens with zero attached hydrogens (tertiary/aromatic N) is 1. The largest absolute Gasteiger partial charge is 0.497 e. The lowest BCUT2D eigenvalue weighted by molar-refractivity contribution is 0.0858. The second kappa shape index (κ2) is 8.76. The minimum absolute atomic E-state index is 0.0258. The second-order valence-electron chi connectivity index (χ2n) is 4.37. The summed E-state index contributed by atoms with van der Waals surface area (Å²) in [7, 11) is 3.10. The average Bonchev–Trinajstić information content (AvgIpc) is 2.47. The van der Waals surface area contributed by atoms with Crippen LogP contribution in [-0.4, -0.2) is 67.3 Å². The number of hydrogen-bond donors (Lipinski definition) is 3. The van der Waals surface area contributed by atoms with Gasteiger partial charge in [-0.25, -0.2) is 0 Å². The molecule has 0 aliphatic heterocycles. The summed E-state index contributed by atoms with van der Waals surface area (Å²) in [6, 6.07) is 5.22. The van der Waals surface area contributed by atoms with Crippen molar-refractivity contribution in [3.63, 3.8) is 0 Å². The third-order valence-corrected chi connectivity index (χ3v) is 3.06. The van der Waals surface area contributed by atoms with Gasteiger partial charge in [0.2, 0.25) is 0 Å². The van der Waals surface area contributed by atoms with Gasteiger partial charge in [-0.1, -0.05) is 0 Å². The van der Waals surface area contributed by atoms with Crippen molar-refractivity contribution in [1.29, 1.82) is 0 Å². The number of rotatable bonds is 9. The van der Waals surface area contributed by atoms with Crippen molar-refractivity contribution in [2.24, 2.45) is 0 Å². The van der Waals surface area contributed by atoms with Gasteiger partial charge in [0, 0.05) is 25.2 Å². The molecule has 1 rings (SSSR count). The summed E-state index contributed by atoms with van der Waals surface area (Å²) >= 11 is 0. The molecule has 0 spiro atoms. The third-order valence-electron chi connectivity index (χ3n) is 3.06. The number of methoxy groups -OCH3 is 2. The standard InChI is InChI=1S/C14H23NO5/c1-19-11-3-4-14(20-2)12(9-11)13(18)10-15(5-7-16)6-8-17/h3-4,9,13,16-18H,5-8,10H2,1-2H3. The molecular weight excluding hydrogens is 262 g/mol. The van der Waals surface area contributed by atoms with Crippen LogP contribution in [-0.2, 0) is 0 Å². The minimum atomic E-state index is -0.793. The van der Waals surface area contributed by atoms with Crippen LogP contribution in [0.5, 0.6) is 11.5 Å². The molecule has 20 heavy (non-hydrogen) atoms. The first-order valence-corrected chi connectivity index (χ1v) is 6.50. The zero-order valence-electron chi connectivity index (χ0n) is 12.0. The highest BCUT2D eigenvalue weighted by Crippen LogP contribution is 2.29. The van der Waals surface area contributed by atoms with Gasteiger partial charge in [-0.15, -0.1) is 0 Å². The van der Waals surface area contributed by atoms with E-state index in [9.17, 15) is 5.11 Å². The Hall–Kier alpha value is -1.34. The lowest BCUT2D eigenvalue weighted by Gasteiger charge is -2.24. The second-order valence-corrected chi connectivity index (χ2v) is 4.37. The van der Waals surface area contributed by atoms with Crippen molar-refractivity contribution in [3.05, 3.63) is 23.8 Å². The van der Waals surface area contributed by atoms with Gasteiger partial charge >= 0.3 is 0 Å². The molecule has 1 aromatic carbocycles. The fourth-order valence-electron chi connectivity index (χ4n) is 2.02. The van der Waals surface area contributed by atoms with Crippen LogP contribution in [0.4, 0.5) is 0 Å². The zero-order chi connectivity index (χ0) is 15.0. The maximum atomic E-state index is 10.3. The Labute approximate surface area is 119 Å². The molecule has 0 fully saturated rings. The molecule has 0 bridgehead atoms. The summed E-state index contributed by atoms with van der Waals surface area (Å²) in [6.45, 7) is 1.03. The summed E-state index contributed by atoms with van der Waals surface area (Å²) in [4.78, 5) is 1.78. The van der Waals surface area contributed by atoms with Gasteiger partial charge in [0.15, 0.2) is 0 Å². The number of aliphatic hydroxyl groups is 3. The Kier molecular flexibility index (Phi) is 7.32. The first-order chi connectivity index (χ1) is 9.65. The number of hydrogen-bond acceptors (Lipinski definition) is 6. The van der Waals surface area contributed by atoms with Crippen LogP contribution in [0.25, 0.3) is 0 Å². The molecule has 1 unspecified atom stereocenters. The number of aliphatic hydroxyl groups excluding tert-OH is 3. The molecule has 0 saturated carbocycles. The molecular formula is C14H23NO5. The predicted octanol–water partition coefficient (Wildman–Crippen LogP) is 0.0238. The van der Waals surface area contributed by atoms with Crippen molar-refractivity contribution in [3.8, 4) is 11.5 Å². The fraction of sp³-hybridized carbons (Fsp3) is 0.571. The van der Waals surface area contributed by atoms with Gasteiger partial charge in [-0.2, -0.15) is 0 Å². The van der Waals surface area contributed by atoms with Gasteiger partial charge in [0.05, 0.1) is 33.5 Å². The summed E-state index contributed by atoms with van der Waals surface area (Å²) in [5.41, 5.74) is 0.618. The maximum Gasteiger partial charge on any atom is 0.124 e.